The molecule has 20 heavy (non-hydrogen) atoms. The van der Waals surface area contributed by atoms with E-state index in [1.807, 2.05) is 0 Å². The summed E-state index contributed by atoms with van der Waals surface area (Å²) in [5, 5.41) is 3.58. The van der Waals surface area contributed by atoms with E-state index < -0.39 is 0 Å². The monoisotopic (exact) mass is 292 g/mol. The van der Waals surface area contributed by atoms with Crippen LogP contribution < -0.4 is 5.32 Å². The van der Waals surface area contributed by atoms with Crippen LogP contribution in [0.4, 0.5) is 0 Å². The summed E-state index contributed by atoms with van der Waals surface area (Å²) >= 11 is 1.81. The number of thiophene rings is 1. The minimum atomic E-state index is -0.0250. The molecule has 1 saturated carbocycles. The molecule has 1 aromatic rings. The van der Waals surface area contributed by atoms with Crippen molar-refractivity contribution in [2.45, 2.75) is 64.7 Å². The highest BCUT2D eigenvalue weighted by Gasteiger charge is 2.45. The molecule has 1 aliphatic carbocycles. The van der Waals surface area contributed by atoms with E-state index in [0.29, 0.717) is 17.9 Å². The van der Waals surface area contributed by atoms with E-state index >= 15 is 0 Å². The molecule has 0 bridgehead atoms. The quantitative estimate of drug-likeness (QED) is 0.925. The maximum atomic E-state index is 12.8. The van der Waals surface area contributed by atoms with Crippen molar-refractivity contribution in [2.24, 2.45) is 5.92 Å². The second-order valence-corrected chi connectivity index (χ2v) is 7.74. The molecule has 3 nitrogen and oxygen atoms in total. The van der Waals surface area contributed by atoms with Gasteiger partial charge in [0.25, 0.3) is 0 Å². The highest BCUT2D eigenvalue weighted by molar-refractivity contribution is 7.12. The van der Waals surface area contributed by atoms with Crippen molar-refractivity contribution in [1.82, 2.24) is 10.2 Å². The van der Waals surface area contributed by atoms with Crippen LogP contribution >= 0.6 is 11.3 Å². The summed E-state index contributed by atoms with van der Waals surface area (Å²) in [6.45, 7) is 6.39. The van der Waals surface area contributed by atoms with Crippen LogP contribution in [0.5, 0.6) is 0 Å². The number of aryl methyl sites for hydroxylation is 1. The van der Waals surface area contributed by atoms with Crippen LogP contribution in [0.1, 0.15) is 55.5 Å². The summed E-state index contributed by atoms with van der Waals surface area (Å²) in [5.74, 6) is 0.653. The van der Waals surface area contributed by atoms with Gasteiger partial charge in [0.1, 0.15) is 6.17 Å². The number of hydrogen-bond donors (Lipinski definition) is 1. The van der Waals surface area contributed by atoms with Crippen LogP contribution in [0.3, 0.4) is 0 Å². The first-order valence-corrected chi connectivity index (χ1v) is 8.54. The Hall–Kier alpha value is -0.870. The molecule has 110 valence electrons. The van der Waals surface area contributed by atoms with Gasteiger partial charge in [-0.25, -0.2) is 0 Å². The average molecular weight is 292 g/mol. The second-order valence-electron chi connectivity index (χ2n) is 6.42. The van der Waals surface area contributed by atoms with Crippen molar-refractivity contribution < 1.29 is 4.79 Å². The van der Waals surface area contributed by atoms with Gasteiger partial charge in [-0.05, 0) is 37.8 Å². The van der Waals surface area contributed by atoms with Gasteiger partial charge in [-0.1, -0.05) is 26.7 Å². The Balaban J connectivity index is 1.90. The van der Waals surface area contributed by atoms with E-state index in [1.165, 1.54) is 35.4 Å². The zero-order valence-corrected chi connectivity index (χ0v) is 13.4. The topological polar surface area (TPSA) is 32.3 Å². The second kappa shape index (κ2) is 5.49. The minimum absolute atomic E-state index is 0.0250. The SMILES string of the molecule is Cc1ccc(C2NC(C(C)C)C(=O)N2C2CCCC2)s1. The highest BCUT2D eigenvalue weighted by atomic mass is 32.1. The molecular weight excluding hydrogens is 268 g/mol. The summed E-state index contributed by atoms with van der Waals surface area (Å²) in [6.07, 6.45) is 4.95. The van der Waals surface area contributed by atoms with E-state index in [0.717, 1.165) is 0 Å². The lowest BCUT2D eigenvalue weighted by Gasteiger charge is -2.29. The Bertz CT molecular complexity index is 490. The largest absolute Gasteiger partial charge is 0.318 e. The molecule has 1 saturated heterocycles. The van der Waals surface area contributed by atoms with Gasteiger partial charge in [-0.15, -0.1) is 11.3 Å². The molecule has 1 amide bonds. The van der Waals surface area contributed by atoms with E-state index in [2.05, 4.69) is 43.1 Å². The van der Waals surface area contributed by atoms with E-state index in [-0.39, 0.29) is 12.2 Å². The van der Waals surface area contributed by atoms with Gasteiger partial charge >= 0.3 is 0 Å². The molecule has 3 rings (SSSR count). The Kier molecular flexibility index (Phi) is 3.87. The van der Waals surface area contributed by atoms with Crippen LogP contribution in [0, 0.1) is 12.8 Å². The van der Waals surface area contributed by atoms with Crippen LogP contribution in [-0.4, -0.2) is 22.9 Å². The Morgan fingerprint density at radius 2 is 2.00 bits per heavy atom. The van der Waals surface area contributed by atoms with E-state index in [1.54, 1.807) is 11.3 Å². The third-order valence-electron chi connectivity index (χ3n) is 4.55. The zero-order chi connectivity index (χ0) is 14.3. The van der Waals surface area contributed by atoms with Crippen molar-refractivity contribution in [1.29, 1.82) is 0 Å². The third-order valence-corrected chi connectivity index (χ3v) is 5.60. The number of carbonyl (C=O) groups excluding carboxylic acids is 1. The van der Waals surface area contributed by atoms with Crippen molar-refractivity contribution in [3.8, 4) is 0 Å². The summed E-state index contributed by atoms with van der Waals surface area (Å²) in [5.41, 5.74) is 0. The number of nitrogens with zero attached hydrogens (tertiary/aromatic N) is 1. The maximum Gasteiger partial charge on any atom is 0.241 e. The molecule has 0 aromatic carbocycles. The van der Waals surface area contributed by atoms with Crippen molar-refractivity contribution in [3.05, 3.63) is 21.9 Å². The average Bonchev–Trinajstić information content (AvgIpc) is 3.07. The van der Waals surface area contributed by atoms with Gasteiger partial charge in [-0.3, -0.25) is 10.1 Å². The number of nitrogens with one attached hydrogen (secondary N) is 1. The highest BCUT2D eigenvalue weighted by Crippen LogP contribution is 2.37. The molecule has 2 aliphatic rings. The molecule has 2 heterocycles. The Morgan fingerprint density at radius 3 is 2.55 bits per heavy atom. The van der Waals surface area contributed by atoms with Gasteiger partial charge in [0.15, 0.2) is 0 Å². The standard InChI is InChI=1S/C16H24N2OS/c1-10(2)14-16(19)18(12-6-4-5-7-12)15(17-14)13-9-8-11(3)20-13/h8-10,12,14-15,17H,4-7H2,1-3H3. The molecule has 2 unspecified atom stereocenters. The summed E-state index contributed by atoms with van der Waals surface area (Å²) < 4.78 is 0. The smallest absolute Gasteiger partial charge is 0.241 e. The van der Waals surface area contributed by atoms with Crippen molar-refractivity contribution in [2.75, 3.05) is 0 Å². The predicted molar refractivity (Wildman–Crippen MR) is 82.7 cm³/mol. The fourth-order valence-electron chi connectivity index (χ4n) is 3.48. The zero-order valence-electron chi connectivity index (χ0n) is 12.6. The molecule has 2 atom stereocenters. The number of carbonyl (C=O) groups is 1. The Morgan fingerprint density at radius 1 is 1.30 bits per heavy atom. The molecule has 2 fully saturated rings. The van der Waals surface area contributed by atoms with Crippen LogP contribution in [0.15, 0.2) is 12.1 Å². The molecule has 0 radical (unpaired) electrons. The Labute approximate surface area is 125 Å². The van der Waals surface area contributed by atoms with Gasteiger partial charge in [0, 0.05) is 15.8 Å². The lowest BCUT2D eigenvalue weighted by Crippen LogP contribution is -2.39. The molecule has 1 aliphatic heterocycles. The molecule has 4 heteroatoms. The third kappa shape index (κ3) is 2.40. The molecule has 1 aromatic heterocycles. The van der Waals surface area contributed by atoms with E-state index in [4.69, 9.17) is 0 Å². The van der Waals surface area contributed by atoms with Crippen LogP contribution in [-0.2, 0) is 4.79 Å². The molecule has 0 spiro atoms. The van der Waals surface area contributed by atoms with Crippen LogP contribution in [0.2, 0.25) is 0 Å². The first kappa shape index (κ1) is 14.1. The lowest BCUT2D eigenvalue weighted by molar-refractivity contribution is -0.132. The number of amides is 1. The summed E-state index contributed by atoms with van der Waals surface area (Å²) in [4.78, 5) is 17.5. The molecule has 1 N–H and O–H groups in total. The van der Waals surface area contributed by atoms with Gasteiger partial charge < -0.3 is 4.90 Å². The predicted octanol–water partition coefficient (Wildman–Crippen LogP) is 3.45. The number of hydrogen-bond acceptors (Lipinski definition) is 3. The van der Waals surface area contributed by atoms with Crippen molar-refractivity contribution in [3.63, 3.8) is 0 Å². The van der Waals surface area contributed by atoms with Gasteiger partial charge in [-0.2, -0.15) is 0 Å². The first-order chi connectivity index (χ1) is 9.58. The normalized spacial score (nSPS) is 28.0. The van der Waals surface area contributed by atoms with Gasteiger partial charge in [0.05, 0.1) is 6.04 Å². The van der Waals surface area contributed by atoms with Crippen LogP contribution in [0.25, 0.3) is 0 Å². The van der Waals surface area contributed by atoms with E-state index in [9.17, 15) is 4.79 Å². The fraction of sp³-hybridized carbons (Fsp3) is 0.688. The first-order valence-electron chi connectivity index (χ1n) is 7.72. The molecular formula is C16H24N2OS. The van der Waals surface area contributed by atoms with Gasteiger partial charge in [0.2, 0.25) is 5.91 Å². The lowest BCUT2D eigenvalue weighted by atomic mass is 10.0. The fourth-order valence-corrected chi connectivity index (χ4v) is 4.42. The minimum Gasteiger partial charge on any atom is -0.318 e. The van der Waals surface area contributed by atoms with Crippen molar-refractivity contribution >= 4 is 17.2 Å². The maximum absolute atomic E-state index is 12.8. The number of rotatable bonds is 3. The summed E-state index contributed by atoms with van der Waals surface area (Å²) in [7, 11) is 0. The summed E-state index contributed by atoms with van der Waals surface area (Å²) in [6, 6.07) is 4.74.